The molecule has 2 aromatic rings. The fourth-order valence-corrected chi connectivity index (χ4v) is 5.52. The first-order chi connectivity index (χ1) is 13.9. The van der Waals surface area contributed by atoms with Gasteiger partial charge < -0.3 is 10.1 Å². The van der Waals surface area contributed by atoms with Gasteiger partial charge in [-0.05, 0) is 65.9 Å². The van der Waals surface area contributed by atoms with Crippen LogP contribution < -0.4 is 5.32 Å². The van der Waals surface area contributed by atoms with Crippen molar-refractivity contribution in [3.8, 4) is 0 Å². The lowest BCUT2D eigenvalue weighted by Gasteiger charge is -2.30. The van der Waals surface area contributed by atoms with Crippen LogP contribution in [0.4, 0.5) is 5.69 Å². The summed E-state index contributed by atoms with van der Waals surface area (Å²) >= 11 is 1.60. The zero-order valence-electron chi connectivity index (χ0n) is 16.2. The van der Waals surface area contributed by atoms with E-state index in [9.17, 15) is 18.0 Å². The highest BCUT2D eigenvalue weighted by atomic mass is 32.2. The Labute approximate surface area is 174 Å². The van der Waals surface area contributed by atoms with Gasteiger partial charge in [-0.25, -0.2) is 8.42 Å². The van der Waals surface area contributed by atoms with Crippen LogP contribution in [0.3, 0.4) is 0 Å². The van der Waals surface area contributed by atoms with E-state index < -0.39 is 15.9 Å². The molecule has 29 heavy (non-hydrogen) atoms. The lowest BCUT2D eigenvalue weighted by Crippen LogP contribution is -2.42. The first-order valence-corrected chi connectivity index (χ1v) is 11.8. The fourth-order valence-electron chi connectivity index (χ4n) is 3.30. The topological polar surface area (TPSA) is 92.8 Å². The number of anilines is 1. The van der Waals surface area contributed by atoms with Crippen LogP contribution in [-0.2, 0) is 30.8 Å². The van der Waals surface area contributed by atoms with Crippen molar-refractivity contribution in [2.45, 2.75) is 30.6 Å². The molecule has 1 aromatic carbocycles. The Morgan fingerprint density at radius 1 is 1.24 bits per heavy atom. The fraction of sp³-hybridized carbons (Fsp3) is 0.400. The molecule has 1 aliphatic rings. The Morgan fingerprint density at radius 3 is 2.66 bits per heavy atom. The molecule has 1 N–H and O–H groups in total. The van der Waals surface area contributed by atoms with Gasteiger partial charge in [0.25, 0.3) is 0 Å². The molecule has 0 radical (unpaired) electrons. The Bertz CT molecular complexity index is 940. The minimum atomic E-state index is -3.71. The average molecular weight is 437 g/mol. The van der Waals surface area contributed by atoms with Gasteiger partial charge in [-0.15, -0.1) is 0 Å². The molecular formula is C20H24N2O5S2. The molecule has 1 saturated heterocycles. The lowest BCUT2D eigenvalue weighted by atomic mass is 10.0. The van der Waals surface area contributed by atoms with Crippen molar-refractivity contribution in [2.24, 2.45) is 5.92 Å². The summed E-state index contributed by atoms with van der Waals surface area (Å²) in [5.74, 6) is -0.945. The van der Waals surface area contributed by atoms with Crippen molar-refractivity contribution in [3.05, 3.63) is 46.7 Å². The average Bonchev–Trinajstić information content (AvgIpc) is 3.26. The second-order valence-electron chi connectivity index (χ2n) is 6.93. The number of aryl methyl sites for hydroxylation is 1. The number of carbonyl (C=O) groups excluding carboxylic acids is 2. The van der Waals surface area contributed by atoms with Gasteiger partial charge in [0.15, 0.2) is 0 Å². The van der Waals surface area contributed by atoms with Gasteiger partial charge in [-0.3, -0.25) is 9.59 Å². The molecule has 9 heteroatoms. The molecule has 156 valence electrons. The summed E-state index contributed by atoms with van der Waals surface area (Å²) in [6, 6.07) is 8.11. The number of nitrogens with one attached hydrogen (secondary N) is 1. The molecule has 0 bridgehead atoms. The molecule has 2 heterocycles. The summed E-state index contributed by atoms with van der Waals surface area (Å²) in [6.07, 6.45) is 2.25. The normalized spacial score (nSPS) is 17.6. The molecular weight excluding hydrogens is 412 g/mol. The first kappa shape index (κ1) is 21.5. The molecule has 1 amide bonds. The summed E-state index contributed by atoms with van der Waals surface area (Å²) in [5, 5.41) is 6.77. The van der Waals surface area contributed by atoms with Crippen molar-refractivity contribution >= 4 is 38.9 Å². The summed E-state index contributed by atoms with van der Waals surface area (Å²) in [5.41, 5.74) is 1.67. The van der Waals surface area contributed by atoms with Crippen LogP contribution in [0, 0.1) is 5.92 Å². The maximum atomic E-state index is 12.9. The van der Waals surface area contributed by atoms with Crippen molar-refractivity contribution < 1.29 is 22.7 Å². The van der Waals surface area contributed by atoms with Crippen molar-refractivity contribution in [3.63, 3.8) is 0 Å². The van der Waals surface area contributed by atoms with E-state index in [1.807, 2.05) is 16.8 Å². The van der Waals surface area contributed by atoms with Crippen LogP contribution in [0.2, 0.25) is 0 Å². The number of thiophene rings is 1. The largest absolute Gasteiger partial charge is 0.469 e. The molecule has 7 nitrogen and oxygen atoms in total. The van der Waals surface area contributed by atoms with Crippen LogP contribution in [0.1, 0.15) is 24.8 Å². The van der Waals surface area contributed by atoms with Crippen molar-refractivity contribution in [1.82, 2.24) is 4.31 Å². The number of esters is 1. The second-order valence-corrected chi connectivity index (χ2v) is 9.65. The summed E-state index contributed by atoms with van der Waals surface area (Å²) in [4.78, 5) is 24.0. The number of sulfonamides is 1. The molecule has 3 rings (SSSR count). The van der Waals surface area contributed by atoms with Gasteiger partial charge in [0.05, 0.1) is 17.9 Å². The molecule has 1 aliphatic heterocycles. The highest BCUT2D eigenvalue weighted by molar-refractivity contribution is 7.89. The van der Waals surface area contributed by atoms with Gasteiger partial charge in [-0.2, -0.15) is 15.6 Å². The molecule has 1 atom stereocenters. The number of piperidine rings is 1. The first-order valence-electron chi connectivity index (χ1n) is 9.39. The van der Waals surface area contributed by atoms with Crippen molar-refractivity contribution in [2.75, 3.05) is 25.5 Å². The Hall–Kier alpha value is -2.23. The van der Waals surface area contributed by atoms with Crippen LogP contribution >= 0.6 is 11.3 Å². The molecule has 0 aliphatic carbocycles. The van der Waals surface area contributed by atoms with Crippen LogP contribution in [0.15, 0.2) is 46.0 Å². The summed E-state index contributed by atoms with van der Waals surface area (Å²) in [7, 11) is -2.40. The van der Waals surface area contributed by atoms with E-state index in [0.29, 0.717) is 37.9 Å². The van der Waals surface area contributed by atoms with E-state index in [1.54, 1.807) is 23.5 Å². The molecule has 1 aromatic heterocycles. The molecule has 1 fully saturated rings. The number of nitrogens with zero attached hydrogens (tertiary/aromatic N) is 1. The van der Waals surface area contributed by atoms with E-state index in [0.717, 1.165) is 5.56 Å². The Kier molecular flexibility index (Phi) is 7.05. The number of carbonyl (C=O) groups is 2. The number of methoxy groups -OCH3 is 1. The van der Waals surface area contributed by atoms with Crippen LogP contribution in [-0.4, -0.2) is 44.8 Å². The monoisotopic (exact) mass is 436 g/mol. The van der Waals surface area contributed by atoms with E-state index in [-0.39, 0.29) is 23.3 Å². The van der Waals surface area contributed by atoms with Crippen molar-refractivity contribution in [1.29, 1.82) is 0 Å². The third-order valence-corrected chi connectivity index (χ3v) is 7.53. The Balaban J connectivity index is 1.61. The summed E-state index contributed by atoms with van der Waals surface area (Å²) < 4.78 is 31.9. The zero-order valence-corrected chi connectivity index (χ0v) is 17.8. The standard InChI is InChI=1S/C20H24N2O5S2/c1-27-20(24)16-3-2-11-22(13-16)29(25,26)18-7-5-17(6-8-18)21-19(23)9-4-15-10-12-28-14-15/h5-8,10,12,14,16H,2-4,9,11,13H2,1H3,(H,21,23)/t16-/m0/s1. The Morgan fingerprint density at radius 2 is 2.00 bits per heavy atom. The minimum Gasteiger partial charge on any atom is -0.469 e. The van der Waals surface area contributed by atoms with Crippen LogP contribution in [0.5, 0.6) is 0 Å². The SMILES string of the molecule is COC(=O)[C@H]1CCCN(S(=O)(=O)c2ccc(NC(=O)CCc3ccsc3)cc2)C1. The van der Waals surface area contributed by atoms with E-state index in [2.05, 4.69) is 5.32 Å². The number of rotatable bonds is 7. The van der Waals surface area contributed by atoms with Gasteiger partial charge in [0, 0.05) is 25.2 Å². The number of ether oxygens (including phenoxy) is 1. The number of hydrogen-bond acceptors (Lipinski definition) is 6. The molecule has 0 unspecified atom stereocenters. The van der Waals surface area contributed by atoms with Gasteiger partial charge in [0.2, 0.25) is 15.9 Å². The number of hydrogen-bond donors (Lipinski definition) is 1. The van der Waals surface area contributed by atoms with Crippen LogP contribution in [0.25, 0.3) is 0 Å². The zero-order chi connectivity index (χ0) is 20.9. The quantitative estimate of drug-likeness (QED) is 0.674. The minimum absolute atomic E-state index is 0.121. The van der Waals surface area contributed by atoms with Gasteiger partial charge in [-0.1, -0.05) is 0 Å². The lowest BCUT2D eigenvalue weighted by molar-refractivity contribution is -0.146. The van der Waals surface area contributed by atoms with E-state index in [4.69, 9.17) is 4.74 Å². The number of benzene rings is 1. The molecule has 0 saturated carbocycles. The third-order valence-electron chi connectivity index (χ3n) is 4.92. The highest BCUT2D eigenvalue weighted by Gasteiger charge is 2.33. The maximum absolute atomic E-state index is 12.9. The smallest absolute Gasteiger partial charge is 0.309 e. The van der Waals surface area contributed by atoms with Gasteiger partial charge >= 0.3 is 5.97 Å². The number of amides is 1. The predicted octanol–water partition coefficient (Wildman–Crippen LogP) is 2.89. The third kappa shape index (κ3) is 5.43. The highest BCUT2D eigenvalue weighted by Crippen LogP contribution is 2.25. The van der Waals surface area contributed by atoms with Gasteiger partial charge in [0.1, 0.15) is 0 Å². The van der Waals surface area contributed by atoms with E-state index in [1.165, 1.54) is 23.5 Å². The second kappa shape index (κ2) is 9.51. The van der Waals surface area contributed by atoms with E-state index >= 15 is 0 Å². The molecule has 0 spiro atoms. The summed E-state index contributed by atoms with van der Waals surface area (Å²) in [6.45, 7) is 0.493. The predicted molar refractivity (Wildman–Crippen MR) is 111 cm³/mol. The maximum Gasteiger partial charge on any atom is 0.309 e.